The number of carbonyl (C=O) groups excluding carboxylic acids is 1. The van der Waals surface area contributed by atoms with Crippen molar-refractivity contribution in [3.63, 3.8) is 0 Å². The summed E-state index contributed by atoms with van der Waals surface area (Å²) in [7, 11) is 3.39. The molecule has 0 saturated heterocycles. The van der Waals surface area contributed by atoms with Crippen LogP contribution in [0.1, 0.15) is 15.9 Å². The Kier molecular flexibility index (Phi) is 2.23. The quantitative estimate of drug-likeness (QED) is 0.696. The van der Waals surface area contributed by atoms with E-state index in [9.17, 15) is 4.79 Å². The van der Waals surface area contributed by atoms with Crippen molar-refractivity contribution < 1.29 is 9.53 Å². The minimum atomic E-state index is 0.0417. The van der Waals surface area contributed by atoms with Crippen molar-refractivity contribution in [3.8, 4) is 5.75 Å². The molecule has 1 aromatic rings. The number of likely N-dealkylation sites (N-methyl/N-ethyl adjacent to an activating group) is 1. The first-order chi connectivity index (χ1) is 7.13. The van der Waals surface area contributed by atoms with Crippen LogP contribution in [0.15, 0.2) is 24.8 Å². The van der Waals surface area contributed by atoms with Crippen LogP contribution >= 0.6 is 0 Å². The second-order valence-electron chi connectivity index (χ2n) is 3.68. The van der Waals surface area contributed by atoms with Gasteiger partial charge in [-0.2, -0.15) is 0 Å². The Bertz CT molecular complexity index is 437. The Morgan fingerprint density at radius 3 is 2.80 bits per heavy atom. The monoisotopic (exact) mass is 203 g/mol. The fourth-order valence-corrected chi connectivity index (χ4v) is 1.78. The number of fused-ring (bicyclic) bond motifs is 1. The zero-order valence-corrected chi connectivity index (χ0v) is 8.91. The Labute approximate surface area is 89.0 Å². The van der Waals surface area contributed by atoms with E-state index in [1.165, 1.54) is 0 Å². The topological polar surface area (TPSA) is 29.5 Å². The molecule has 1 aliphatic rings. The van der Waals surface area contributed by atoms with E-state index < -0.39 is 0 Å². The van der Waals surface area contributed by atoms with E-state index in [4.69, 9.17) is 4.74 Å². The van der Waals surface area contributed by atoms with Crippen LogP contribution in [0.3, 0.4) is 0 Å². The standard InChI is InChI=1S/C12H13NO2/c1-8-7-13(2)12(14)10-5-4-9(15-3)6-11(8)10/h4-6H,1,7H2,2-3H3. The second-order valence-corrected chi connectivity index (χ2v) is 3.68. The van der Waals surface area contributed by atoms with Gasteiger partial charge in [0.25, 0.3) is 5.91 Å². The average Bonchev–Trinajstić information content (AvgIpc) is 2.25. The molecule has 0 unspecified atom stereocenters. The number of amides is 1. The van der Waals surface area contributed by atoms with Crippen LogP contribution in [0, 0.1) is 0 Å². The molecular formula is C12H13NO2. The fourth-order valence-electron chi connectivity index (χ4n) is 1.78. The first-order valence-electron chi connectivity index (χ1n) is 4.75. The van der Waals surface area contributed by atoms with E-state index in [0.29, 0.717) is 12.1 Å². The first-order valence-corrected chi connectivity index (χ1v) is 4.75. The summed E-state index contributed by atoms with van der Waals surface area (Å²) in [5.74, 6) is 0.798. The summed E-state index contributed by atoms with van der Waals surface area (Å²) in [6, 6.07) is 5.45. The molecule has 0 spiro atoms. The number of hydrogen-bond acceptors (Lipinski definition) is 2. The number of methoxy groups -OCH3 is 1. The molecule has 0 fully saturated rings. The van der Waals surface area contributed by atoms with Gasteiger partial charge in [0, 0.05) is 19.2 Å². The van der Waals surface area contributed by atoms with Gasteiger partial charge in [-0.25, -0.2) is 0 Å². The predicted octanol–water partition coefficient (Wildman–Crippen LogP) is 1.79. The second kappa shape index (κ2) is 3.42. The summed E-state index contributed by atoms with van der Waals surface area (Å²) in [6.45, 7) is 4.55. The molecule has 15 heavy (non-hydrogen) atoms. The summed E-state index contributed by atoms with van der Waals surface area (Å²) < 4.78 is 5.12. The van der Waals surface area contributed by atoms with Gasteiger partial charge < -0.3 is 9.64 Å². The van der Waals surface area contributed by atoms with Gasteiger partial charge in [0.15, 0.2) is 0 Å². The third kappa shape index (κ3) is 1.50. The van der Waals surface area contributed by atoms with Gasteiger partial charge in [0.05, 0.1) is 7.11 Å². The van der Waals surface area contributed by atoms with E-state index in [1.807, 2.05) is 6.07 Å². The zero-order chi connectivity index (χ0) is 11.0. The lowest BCUT2D eigenvalue weighted by atomic mass is 9.95. The highest BCUT2D eigenvalue weighted by Crippen LogP contribution is 2.28. The maximum absolute atomic E-state index is 11.8. The minimum Gasteiger partial charge on any atom is -0.497 e. The van der Waals surface area contributed by atoms with Gasteiger partial charge in [0.2, 0.25) is 0 Å². The van der Waals surface area contributed by atoms with E-state index in [0.717, 1.165) is 16.9 Å². The van der Waals surface area contributed by atoms with Crippen molar-refractivity contribution in [3.05, 3.63) is 35.9 Å². The minimum absolute atomic E-state index is 0.0417. The summed E-state index contributed by atoms with van der Waals surface area (Å²) >= 11 is 0. The van der Waals surface area contributed by atoms with Gasteiger partial charge in [0.1, 0.15) is 5.75 Å². The molecule has 0 aliphatic carbocycles. The molecule has 0 atom stereocenters. The third-order valence-corrected chi connectivity index (χ3v) is 2.61. The summed E-state index contributed by atoms with van der Waals surface area (Å²) in [5.41, 5.74) is 2.55. The predicted molar refractivity (Wildman–Crippen MR) is 59.0 cm³/mol. The highest BCUT2D eigenvalue weighted by atomic mass is 16.5. The van der Waals surface area contributed by atoms with Crippen LogP contribution in [-0.4, -0.2) is 31.5 Å². The Balaban J connectivity index is 2.56. The molecule has 1 heterocycles. The Morgan fingerprint density at radius 2 is 2.13 bits per heavy atom. The van der Waals surface area contributed by atoms with Crippen molar-refractivity contribution in [2.24, 2.45) is 0 Å². The van der Waals surface area contributed by atoms with Crippen LogP contribution in [0.25, 0.3) is 5.57 Å². The lowest BCUT2D eigenvalue weighted by Crippen LogP contribution is -2.33. The van der Waals surface area contributed by atoms with Crippen LogP contribution in [-0.2, 0) is 0 Å². The Hall–Kier alpha value is -1.77. The van der Waals surface area contributed by atoms with Crippen LogP contribution in [0.2, 0.25) is 0 Å². The van der Waals surface area contributed by atoms with Gasteiger partial charge >= 0.3 is 0 Å². The molecule has 0 radical (unpaired) electrons. The maximum atomic E-state index is 11.8. The fraction of sp³-hybridized carbons (Fsp3) is 0.250. The van der Waals surface area contributed by atoms with E-state index in [-0.39, 0.29) is 5.91 Å². The van der Waals surface area contributed by atoms with Crippen molar-refractivity contribution >= 4 is 11.5 Å². The first kappa shape index (κ1) is 9.77. The number of hydrogen-bond donors (Lipinski definition) is 0. The maximum Gasteiger partial charge on any atom is 0.254 e. The van der Waals surface area contributed by atoms with Gasteiger partial charge in [-0.3, -0.25) is 4.79 Å². The molecule has 0 aromatic heterocycles. The number of nitrogens with zero attached hydrogens (tertiary/aromatic N) is 1. The highest BCUT2D eigenvalue weighted by Gasteiger charge is 2.23. The molecule has 0 N–H and O–H groups in total. The SMILES string of the molecule is C=C1CN(C)C(=O)c2ccc(OC)cc21. The van der Waals surface area contributed by atoms with Crippen LogP contribution in [0.5, 0.6) is 5.75 Å². The smallest absolute Gasteiger partial charge is 0.254 e. The molecule has 3 heteroatoms. The number of benzene rings is 1. The number of rotatable bonds is 1. The van der Waals surface area contributed by atoms with Crippen molar-refractivity contribution in [1.29, 1.82) is 0 Å². The molecule has 78 valence electrons. The van der Waals surface area contributed by atoms with Crippen molar-refractivity contribution in [2.45, 2.75) is 0 Å². The van der Waals surface area contributed by atoms with Gasteiger partial charge in [-0.1, -0.05) is 6.58 Å². The molecule has 1 aliphatic heterocycles. The molecule has 0 saturated carbocycles. The van der Waals surface area contributed by atoms with Gasteiger partial charge in [-0.05, 0) is 29.3 Å². The largest absolute Gasteiger partial charge is 0.497 e. The molecule has 0 bridgehead atoms. The van der Waals surface area contributed by atoms with E-state index >= 15 is 0 Å². The number of ether oxygens (including phenoxy) is 1. The van der Waals surface area contributed by atoms with E-state index in [1.54, 1.807) is 31.2 Å². The normalized spacial score (nSPS) is 15.2. The number of carbonyl (C=O) groups is 1. The van der Waals surface area contributed by atoms with Crippen LogP contribution < -0.4 is 4.74 Å². The summed E-state index contributed by atoms with van der Waals surface area (Å²) in [4.78, 5) is 13.5. The van der Waals surface area contributed by atoms with Crippen LogP contribution in [0.4, 0.5) is 0 Å². The van der Waals surface area contributed by atoms with E-state index in [2.05, 4.69) is 6.58 Å². The Morgan fingerprint density at radius 1 is 1.40 bits per heavy atom. The molecule has 1 aromatic carbocycles. The highest BCUT2D eigenvalue weighted by molar-refractivity contribution is 6.02. The summed E-state index contributed by atoms with van der Waals surface area (Å²) in [6.07, 6.45) is 0. The molecule has 2 rings (SSSR count). The summed E-state index contributed by atoms with van der Waals surface area (Å²) in [5, 5.41) is 0. The molecule has 3 nitrogen and oxygen atoms in total. The van der Waals surface area contributed by atoms with Crippen molar-refractivity contribution in [2.75, 3.05) is 20.7 Å². The third-order valence-electron chi connectivity index (χ3n) is 2.61. The molecular weight excluding hydrogens is 190 g/mol. The lowest BCUT2D eigenvalue weighted by molar-refractivity contribution is 0.0805. The van der Waals surface area contributed by atoms with Crippen molar-refractivity contribution in [1.82, 2.24) is 4.90 Å². The zero-order valence-electron chi connectivity index (χ0n) is 8.91. The van der Waals surface area contributed by atoms with Gasteiger partial charge in [-0.15, -0.1) is 0 Å². The lowest BCUT2D eigenvalue weighted by Gasteiger charge is -2.26. The average molecular weight is 203 g/mol. The molecule has 1 amide bonds.